The summed E-state index contributed by atoms with van der Waals surface area (Å²) in [5.41, 5.74) is 2.50. The lowest BCUT2D eigenvalue weighted by Gasteiger charge is -2.30. The molecular formula is C21H26ClFN4O2. The minimum atomic E-state index is -0.553. The number of carbonyl (C=O) groups excluding carboxylic acids is 1. The number of nitrogens with one attached hydrogen (secondary N) is 1. The van der Waals surface area contributed by atoms with Crippen molar-refractivity contribution in [3.05, 3.63) is 57.9 Å². The van der Waals surface area contributed by atoms with Crippen molar-refractivity contribution in [1.82, 2.24) is 20.2 Å². The van der Waals surface area contributed by atoms with Crippen LogP contribution < -0.4 is 5.32 Å². The van der Waals surface area contributed by atoms with E-state index < -0.39 is 11.9 Å². The van der Waals surface area contributed by atoms with Gasteiger partial charge in [0.15, 0.2) is 0 Å². The molecule has 0 radical (unpaired) electrons. The summed E-state index contributed by atoms with van der Waals surface area (Å²) in [4.78, 5) is 23.6. The van der Waals surface area contributed by atoms with Crippen molar-refractivity contribution in [3.8, 4) is 0 Å². The molecule has 156 valence electrons. The van der Waals surface area contributed by atoms with E-state index in [9.17, 15) is 14.3 Å². The van der Waals surface area contributed by atoms with Crippen LogP contribution >= 0.6 is 11.6 Å². The maximum absolute atomic E-state index is 13.8. The summed E-state index contributed by atoms with van der Waals surface area (Å²) in [6.07, 6.45) is 3.61. The largest absolute Gasteiger partial charge is 0.396 e. The summed E-state index contributed by atoms with van der Waals surface area (Å²) in [5.74, 6) is 0.688. The number of benzene rings is 1. The quantitative estimate of drug-likeness (QED) is 0.747. The number of hydrogen-bond donors (Lipinski definition) is 2. The lowest BCUT2D eigenvalue weighted by Crippen LogP contribution is -2.44. The van der Waals surface area contributed by atoms with Gasteiger partial charge in [0, 0.05) is 25.8 Å². The smallest absolute Gasteiger partial charge is 0.318 e. The number of carbonyl (C=O) groups is 1. The van der Waals surface area contributed by atoms with Crippen LogP contribution in [0.5, 0.6) is 0 Å². The van der Waals surface area contributed by atoms with Crippen molar-refractivity contribution in [3.63, 3.8) is 0 Å². The molecule has 0 bridgehead atoms. The fraction of sp³-hybridized carbons (Fsp3) is 0.476. The van der Waals surface area contributed by atoms with Crippen LogP contribution in [0.25, 0.3) is 0 Å². The second-order valence-electron chi connectivity index (χ2n) is 7.72. The van der Waals surface area contributed by atoms with Crippen LogP contribution in [0.4, 0.5) is 9.18 Å². The van der Waals surface area contributed by atoms with Crippen LogP contribution in [0.3, 0.4) is 0 Å². The molecule has 2 amide bonds. The van der Waals surface area contributed by atoms with Gasteiger partial charge in [0.05, 0.1) is 23.3 Å². The molecule has 1 unspecified atom stereocenters. The Balaban J connectivity index is 1.71. The Bertz CT molecular complexity index is 878. The normalized spacial score (nSPS) is 14.6. The predicted molar refractivity (Wildman–Crippen MR) is 109 cm³/mol. The molecule has 1 aliphatic rings. The molecule has 8 heteroatoms. The summed E-state index contributed by atoms with van der Waals surface area (Å²) in [6.45, 7) is 5.04. The van der Waals surface area contributed by atoms with Gasteiger partial charge in [-0.25, -0.2) is 19.2 Å². The van der Waals surface area contributed by atoms with Gasteiger partial charge in [0.2, 0.25) is 0 Å². The number of urea groups is 1. The van der Waals surface area contributed by atoms with E-state index in [0.29, 0.717) is 31.0 Å². The van der Waals surface area contributed by atoms with Gasteiger partial charge in [-0.2, -0.15) is 0 Å². The zero-order chi connectivity index (χ0) is 21.0. The summed E-state index contributed by atoms with van der Waals surface area (Å²) in [7, 11) is 0. The van der Waals surface area contributed by atoms with Crippen LogP contribution in [0.1, 0.15) is 49.0 Å². The number of aromatic nitrogens is 2. The molecule has 0 spiro atoms. The number of nitrogens with zero attached hydrogens (tertiary/aromatic N) is 3. The van der Waals surface area contributed by atoms with E-state index in [-0.39, 0.29) is 24.1 Å². The molecule has 2 heterocycles. The molecule has 1 aromatic heterocycles. The zero-order valence-corrected chi connectivity index (χ0v) is 17.4. The Morgan fingerprint density at radius 3 is 2.90 bits per heavy atom. The molecule has 29 heavy (non-hydrogen) atoms. The van der Waals surface area contributed by atoms with Crippen molar-refractivity contribution in [2.24, 2.45) is 5.92 Å². The van der Waals surface area contributed by atoms with E-state index in [4.69, 9.17) is 11.6 Å². The fourth-order valence-electron chi connectivity index (χ4n) is 3.40. The molecule has 0 saturated carbocycles. The number of amides is 2. The van der Waals surface area contributed by atoms with E-state index in [1.807, 2.05) is 6.20 Å². The van der Waals surface area contributed by atoms with Gasteiger partial charge in [-0.05, 0) is 42.0 Å². The van der Waals surface area contributed by atoms with Crippen LogP contribution in [0, 0.1) is 11.7 Å². The number of hydrogen-bond acceptors (Lipinski definition) is 4. The highest BCUT2D eigenvalue weighted by molar-refractivity contribution is 6.30. The number of aliphatic hydroxyl groups excluding tert-OH is 1. The standard InChI is InChI=1S/C21H26ClFN4O2/c1-13(2)9-20-24-11-15-5-7-27(12-19(15)25-20)21(29)26-18(6-8-28)14-3-4-16(22)17(23)10-14/h3-4,10-11,13,18,28H,5-9,12H2,1-2H3,(H,26,29). The van der Waals surface area contributed by atoms with Crippen molar-refractivity contribution in [2.45, 2.75) is 45.7 Å². The molecule has 2 aromatic rings. The topological polar surface area (TPSA) is 78.4 Å². The van der Waals surface area contributed by atoms with Gasteiger partial charge in [-0.1, -0.05) is 31.5 Å². The van der Waals surface area contributed by atoms with Crippen molar-refractivity contribution >= 4 is 17.6 Å². The van der Waals surface area contributed by atoms with E-state index >= 15 is 0 Å². The maximum atomic E-state index is 13.8. The third-order valence-corrected chi connectivity index (χ3v) is 5.24. The highest BCUT2D eigenvalue weighted by atomic mass is 35.5. The minimum Gasteiger partial charge on any atom is -0.396 e. The summed E-state index contributed by atoms with van der Waals surface area (Å²) < 4.78 is 13.8. The molecular weight excluding hydrogens is 395 g/mol. The third-order valence-electron chi connectivity index (χ3n) is 4.94. The van der Waals surface area contributed by atoms with E-state index in [0.717, 1.165) is 23.5 Å². The Kier molecular flexibility index (Phi) is 7.03. The zero-order valence-electron chi connectivity index (χ0n) is 16.7. The van der Waals surface area contributed by atoms with E-state index in [1.165, 1.54) is 12.1 Å². The first-order valence-corrected chi connectivity index (χ1v) is 10.2. The molecule has 3 rings (SSSR count). The molecule has 0 fully saturated rings. The SMILES string of the molecule is CC(C)Cc1ncc2c(n1)CN(C(=O)NC(CCO)c1ccc(Cl)c(F)c1)CC2. The van der Waals surface area contributed by atoms with Gasteiger partial charge in [0.25, 0.3) is 0 Å². The first kappa shape index (κ1) is 21.5. The number of halogens is 2. The number of fused-ring (bicyclic) bond motifs is 1. The monoisotopic (exact) mass is 420 g/mol. The number of aliphatic hydroxyl groups is 1. The van der Waals surface area contributed by atoms with Gasteiger partial charge in [-0.15, -0.1) is 0 Å². The summed E-state index contributed by atoms with van der Waals surface area (Å²) in [6, 6.07) is 3.62. The van der Waals surface area contributed by atoms with Crippen LogP contribution in [-0.4, -0.2) is 39.2 Å². The first-order chi connectivity index (χ1) is 13.9. The predicted octanol–water partition coefficient (Wildman–Crippen LogP) is 3.66. The Labute approximate surface area is 175 Å². The van der Waals surface area contributed by atoms with Gasteiger partial charge < -0.3 is 15.3 Å². The average molecular weight is 421 g/mol. The lowest BCUT2D eigenvalue weighted by atomic mass is 10.0. The minimum absolute atomic E-state index is 0.0207. The van der Waals surface area contributed by atoms with Gasteiger partial charge in [0.1, 0.15) is 11.6 Å². The Hall–Kier alpha value is -2.25. The lowest BCUT2D eigenvalue weighted by molar-refractivity contribution is 0.183. The third kappa shape index (κ3) is 5.42. The van der Waals surface area contributed by atoms with Crippen LogP contribution in [-0.2, 0) is 19.4 Å². The van der Waals surface area contributed by atoms with Crippen molar-refractivity contribution in [1.29, 1.82) is 0 Å². The second-order valence-corrected chi connectivity index (χ2v) is 8.12. The van der Waals surface area contributed by atoms with Crippen molar-refractivity contribution < 1.29 is 14.3 Å². The Morgan fingerprint density at radius 1 is 1.41 bits per heavy atom. The highest BCUT2D eigenvalue weighted by Gasteiger charge is 2.25. The molecule has 6 nitrogen and oxygen atoms in total. The molecule has 1 aromatic carbocycles. The average Bonchev–Trinajstić information content (AvgIpc) is 2.68. The van der Waals surface area contributed by atoms with Crippen LogP contribution in [0.15, 0.2) is 24.4 Å². The fourth-order valence-corrected chi connectivity index (χ4v) is 3.52. The molecule has 2 N–H and O–H groups in total. The van der Waals surface area contributed by atoms with E-state index in [2.05, 4.69) is 29.1 Å². The second kappa shape index (κ2) is 9.50. The number of rotatable bonds is 6. The molecule has 1 atom stereocenters. The maximum Gasteiger partial charge on any atom is 0.318 e. The van der Waals surface area contributed by atoms with Crippen molar-refractivity contribution in [2.75, 3.05) is 13.2 Å². The summed E-state index contributed by atoms with van der Waals surface area (Å²) >= 11 is 5.75. The van der Waals surface area contributed by atoms with E-state index in [1.54, 1.807) is 11.0 Å². The first-order valence-electron chi connectivity index (χ1n) is 9.82. The molecule has 0 saturated heterocycles. The van der Waals surface area contributed by atoms with Gasteiger partial charge in [-0.3, -0.25) is 0 Å². The van der Waals surface area contributed by atoms with Crippen LogP contribution in [0.2, 0.25) is 5.02 Å². The molecule has 0 aliphatic carbocycles. The Morgan fingerprint density at radius 2 is 2.21 bits per heavy atom. The summed E-state index contributed by atoms with van der Waals surface area (Å²) in [5, 5.41) is 12.3. The highest BCUT2D eigenvalue weighted by Crippen LogP contribution is 2.23. The van der Waals surface area contributed by atoms with Gasteiger partial charge >= 0.3 is 6.03 Å². The molecule has 1 aliphatic heterocycles.